The van der Waals surface area contributed by atoms with Crippen LogP contribution in [0.2, 0.25) is 5.02 Å². The summed E-state index contributed by atoms with van der Waals surface area (Å²) in [5.74, 6) is -0.813. The quantitative estimate of drug-likeness (QED) is 0.873. The fourth-order valence-electron chi connectivity index (χ4n) is 1.39. The number of aromatic carboxylic acids is 1. The molecule has 0 aromatic carbocycles. The van der Waals surface area contributed by atoms with Crippen LogP contribution in [0.4, 0.5) is 0 Å². The minimum Gasteiger partial charge on any atom is -0.478 e. The lowest BCUT2D eigenvalue weighted by Crippen LogP contribution is -2.16. The van der Waals surface area contributed by atoms with Gasteiger partial charge in [-0.15, -0.1) is 0 Å². The van der Waals surface area contributed by atoms with Crippen molar-refractivity contribution in [3.05, 3.63) is 22.8 Å². The third-order valence-corrected chi connectivity index (χ3v) is 2.49. The van der Waals surface area contributed by atoms with E-state index in [2.05, 4.69) is 4.98 Å². The zero-order chi connectivity index (χ0) is 11.5. The van der Waals surface area contributed by atoms with Gasteiger partial charge in [0.25, 0.3) is 0 Å². The largest absolute Gasteiger partial charge is 0.478 e. The molecule has 1 N–H and O–H groups in total. The second kappa shape index (κ2) is 4.67. The van der Waals surface area contributed by atoms with Crippen molar-refractivity contribution in [2.45, 2.75) is 12.5 Å². The maximum Gasteiger partial charge on any atom is 0.337 e. The Morgan fingerprint density at radius 2 is 2.50 bits per heavy atom. The summed E-state index contributed by atoms with van der Waals surface area (Å²) in [6.45, 7) is 1.17. The molecular formula is C10H10ClNO4. The number of halogens is 1. The van der Waals surface area contributed by atoms with Gasteiger partial charge in [0, 0.05) is 12.6 Å². The van der Waals surface area contributed by atoms with Crippen molar-refractivity contribution in [2.75, 3.05) is 13.2 Å². The highest BCUT2D eigenvalue weighted by atomic mass is 35.5. The van der Waals surface area contributed by atoms with Gasteiger partial charge in [0.15, 0.2) is 0 Å². The molecule has 1 atom stereocenters. The number of hydrogen-bond acceptors (Lipinski definition) is 4. The van der Waals surface area contributed by atoms with Crippen molar-refractivity contribution in [2.24, 2.45) is 0 Å². The Morgan fingerprint density at radius 1 is 1.69 bits per heavy atom. The SMILES string of the molecule is O=C(O)c1cnc(O[C@@H]2CCOC2)c(Cl)c1. The predicted octanol–water partition coefficient (Wildman–Crippen LogP) is 1.60. The summed E-state index contributed by atoms with van der Waals surface area (Å²) < 4.78 is 10.6. The molecule has 1 aromatic heterocycles. The molecule has 2 rings (SSSR count). The number of hydrogen-bond donors (Lipinski definition) is 1. The van der Waals surface area contributed by atoms with Crippen LogP contribution in [0.1, 0.15) is 16.8 Å². The summed E-state index contributed by atoms with van der Waals surface area (Å²) in [5.41, 5.74) is 0.0417. The zero-order valence-corrected chi connectivity index (χ0v) is 9.11. The van der Waals surface area contributed by atoms with Crippen molar-refractivity contribution in [3.63, 3.8) is 0 Å². The van der Waals surface area contributed by atoms with E-state index in [4.69, 9.17) is 26.2 Å². The summed E-state index contributed by atoms with van der Waals surface area (Å²) >= 11 is 5.86. The lowest BCUT2D eigenvalue weighted by atomic mass is 10.3. The Kier molecular flexibility index (Phi) is 3.26. The molecule has 2 heterocycles. The van der Waals surface area contributed by atoms with Gasteiger partial charge in [-0.05, 0) is 6.07 Å². The second-order valence-corrected chi connectivity index (χ2v) is 3.83. The monoisotopic (exact) mass is 243 g/mol. The molecule has 0 spiro atoms. The van der Waals surface area contributed by atoms with E-state index in [1.54, 1.807) is 0 Å². The summed E-state index contributed by atoms with van der Waals surface area (Å²) in [5, 5.41) is 8.93. The minimum atomic E-state index is -1.06. The number of carboxylic acids is 1. The number of nitrogens with zero attached hydrogens (tertiary/aromatic N) is 1. The zero-order valence-electron chi connectivity index (χ0n) is 8.35. The number of carboxylic acid groups (broad SMARTS) is 1. The maximum absolute atomic E-state index is 10.6. The van der Waals surface area contributed by atoms with E-state index >= 15 is 0 Å². The van der Waals surface area contributed by atoms with Crippen molar-refractivity contribution < 1.29 is 19.4 Å². The van der Waals surface area contributed by atoms with Crippen molar-refractivity contribution in [1.29, 1.82) is 0 Å². The fraction of sp³-hybridized carbons (Fsp3) is 0.400. The number of carbonyl (C=O) groups is 1. The molecule has 1 aliphatic rings. The topological polar surface area (TPSA) is 68.7 Å². The molecule has 0 unspecified atom stereocenters. The first kappa shape index (κ1) is 11.2. The van der Waals surface area contributed by atoms with E-state index in [9.17, 15) is 4.79 Å². The molecule has 1 aromatic rings. The van der Waals surface area contributed by atoms with Gasteiger partial charge in [-0.3, -0.25) is 0 Å². The molecular weight excluding hydrogens is 234 g/mol. The first-order chi connectivity index (χ1) is 7.66. The van der Waals surface area contributed by atoms with Gasteiger partial charge in [0.2, 0.25) is 5.88 Å². The predicted molar refractivity (Wildman–Crippen MR) is 56.1 cm³/mol. The highest BCUT2D eigenvalue weighted by Gasteiger charge is 2.19. The van der Waals surface area contributed by atoms with Crippen LogP contribution in [0, 0.1) is 0 Å². The van der Waals surface area contributed by atoms with E-state index in [-0.39, 0.29) is 22.6 Å². The van der Waals surface area contributed by atoms with Gasteiger partial charge in [-0.25, -0.2) is 9.78 Å². The van der Waals surface area contributed by atoms with Crippen molar-refractivity contribution in [1.82, 2.24) is 4.98 Å². The van der Waals surface area contributed by atoms with E-state index in [0.29, 0.717) is 13.2 Å². The standard InChI is InChI=1S/C10H10ClNO4/c11-8-3-6(10(13)14)4-12-9(8)16-7-1-2-15-5-7/h3-4,7H,1-2,5H2,(H,13,14)/t7-/m1/s1. The van der Waals surface area contributed by atoms with Gasteiger partial charge in [0.05, 0.1) is 18.8 Å². The van der Waals surface area contributed by atoms with E-state index < -0.39 is 5.97 Å². The lowest BCUT2D eigenvalue weighted by molar-refractivity contribution is 0.0696. The van der Waals surface area contributed by atoms with Gasteiger partial charge < -0.3 is 14.6 Å². The van der Waals surface area contributed by atoms with Crippen LogP contribution in [-0.2, 0) is 4.74 Å². The first-order valence-electron chi connectivity index (χ1n) is 4.80. The molecule has 0 aliphatic carbocycles. The maximum atomic E-state index is 10.6. The number of ether oxygens (including phenoxy) is 2. The van der Waals surface area contributed by atoms with Gasteiger partial charge >= 0.3 is 5.97 Å². The summed E-state index contributed by atoms with van der Waals surface area (Å²) in [7, 11) is 0. The molecule has 0 saturated carbocycles. The Bertz CT molecular complexity index is 404. The number of pyridine rings is 1. The molecule has 5 nitrogen and oxygen atoms in total. The summed E-state index contributed by atoms with van der Waals surface area (Å²) in [4.78, 5) is 14.5. The highest BCUT2D eigenvalue weighted by molar-refractivity contribution is 6.32. The molecule has 1 saturated heterocycles. The van der Waals surface area contributed by atoms with Gasteiger partial charge in [0.1, 0.15) is 11.1 Å². The molecule has 0 amide bonds. The van der Waals surface area contributed by atoms with Crippen LogP contribution in [0.15, 0.2) is 12.3 Å². The first-order valence-corrected chi connectivity index (χ1v) is 5.18. The van der Waals surface area contributed by atoms with Crippen molar-refractivity contribution in [3.8, 4) is 5.88 Å². The summed E-state index contributed by atoms with van der Waals surface area (Å²) in [6.07, 6.45) is 1.96. The Balaban J connectivity index is 2.12. The van der Waals surface area contributed by atoms with E-state index in [1.165, 1.54) is 12.3 Å². The van der Waals surface area contributed by atoms with E-state index in [1.807, 2.05) is 0 Å². The van der Waals surface area contributed by atoms with Crippen LogP contribution in [0.5, 0.6) is 5.88 Å². The smallest absolute Gasteiger partial charge is 0.337 e. The van der Waals surface area contributed by atoms with Gasteiger partial charge in [-0.2, -0.15) is 0 Å². The highest BCUT2D eigenvalue weighted by Crippen LogP contribution is 2.24. The second-order valence-electron chi connectivity index (χ2n) is 3.42. The number of aromatic nitrogens is 1. The summed E-state index contributed by atoms with van der Waals surface area (Å²) in [6, 6.07) is 1.32. The van der Waals surface area contributed by atoms with Crippen LogP contribution in [-0.4, -0.2) is 35.4 Å². The Morgan fingerprint density at radius 3 is 3.06 bits per heavy atom. The fourth-order valence-corrected chi connectivity index (χ4v) is 1.60. The Labute approximate surface area is 97.0 Å². The molecule has 86 valence electrons. The van der Waals surface area contributed by atoms with Gasteiger partial charge in [-0.1, -0.05) is 11.6 Å². The molecule has 0 radical (unpaired) electrons. The lowest BCUT2D eigenvalue weighted by Gasteiger charge is -2.11. The average Bonchev–Trinajstić information content (AvgIpc) is 2.73. The number of rotatable bonds is 3. The van der Waals surface area contributed by atoms with Crippen LogP contribution >= 0.6 is 11.6 Å². The molecule has 16 heavy (non-hydrogen) atoms. The normalized spacial score (nSPS) is 19.7. The Hall–Kier alpha value is -1.33. The third kappa shape index (κ3) is 2.43. The van der Waals surface area contributed by atoms with Crippen LogP contribution in [0.3, 0.4) is 0 Å². The molecule has 6 heteroatoms. The molecule has 0 bridgehead atoms. The minimum absolute atomic E-state index is 0.0417. The van der Waals surface area contributed by atoms with E-state index in [0.717, 1.165) is 6.42 Å². The molecule has 1 aliphatic heterocycles. The van der Waals surface area contributed by atoms with Crippen molar-refractivity contribution >= 4 is 17.6 Å². The third-order valence-electron chi connectivity index (χ3n) is 2.22. The van der Waals surface area contributed by atoms with Crippen LogP contribution < -0.4 is 4.74 Å². The molecule has 1 fully saturated rings. The van der Waals surface area contributed by atoms with Crippen LogP contribution in [0.25, 0.3) is 0 Å². The average molecular weight is 244 g/mol.